The lowest BCUT2D eigenvalue weighted by Crippen LogP contribution is -2.06. The van der Waals surface area contributed by atoms with Crippen molar-refractivity contribution in [3.05, 3.63) is 67.2 Å². The Morgan fingerprint density at radius 3 is 2.44 bits per heavy atom. The molecule has 92 valence electrons. The van der Waals surface area contributed by atoms with Crippen LogP contribution in [0.3, 0.4) is 0 Å². The van der Waals surface area contributed by atoms with Gasteiger partial charge in [-0.05, 0) is 59.0 Å². The molecule has 0 bridgehead atoms. The first-order valence-corrected chi connectivity index (χ1v) is 6.81. The zero-order valence-electron chi connectivity index (χ0n) is 8.88. The number of halogens is 4. The van der Waals surface area contributed by atoms with E-state index in [1.807, 2.05) is 22.6 Å². The third-order valence-electron chi connectivity index (χ3n) is 2.35. The molecule has 0 unspecified atom stereocenters. The van der Waals surface area contributed by atoms with Gasteiger partial charge in [0, 0.05) is 13.6 Å². The van der Waals surface area contributed by atoms with Crippen LogP contribution in [-0.4, -0.2) is 5.78 Å². The fraction of sp³-hybridized carbons (Fsp3) is 0. The summed E-state index contributed by atoms with van der Waals surface area (Å²) in [5.41, 5.74) is 0.253. The van der Waals surface area contributed by atoms with Gasteiger partial charge in [0.25, 0.3) is 0 Å². The molecule has 0 saturated heterocycles. The summed E-state index contributed by atoms with van der Waals surface area (Å²) < 4.78 is 27.6. The fourth-order valence-electron chi connectivity index (χ4n) is 1.49. The van der Waals surface area contributed by atoms with Crippen LogP contribution < -0.4 is 0 Å². The van der Waals surface area contributed by atoms with E-state index in [-0.39, 0.29) is 11.1 Å². The minimum Gasteiger partial charge on any atom is -0.288 e. The minimum absolute atomic E-state index is 0.0334. The first kappa shape index (κ1) is 13.6. The van der Waals surface area contributed by atoms with Gasteiger partial charge in [0.15, 0.2) is 5.78 Å². The van der Waals surface area contributed by atoms with Gasteiger partial charge in [-0.1, -0.05) is 15.9 Å². The molecular formula is C13H6BrF2IO. The van der Waals surface area contributed by atoms with Crippen molar-refractivity contribution in [2.45, 2.75) is 0 Å². The Morgan fingerprint density at radius 2 is 1.78 bits per heavy atom. The van der Waals surface area contributed by atoms with Crippen LogP contribution in [0.5, 0.6) is 0 Å². The van der Waals surface area contributed by atoms with Gasteiger partial charge in [-0.2, -0.15) is 0 Å². The van der Waals surface area contributed by atoms with Gasteiger partial charge in [-0.15, -0.1) is 0 Å². The summed E-state index contributed by atoms with van der Waals surface area (Å²) in [5, 5.41) is 0. The average Bonchev–Trinajstić information content (AvgIpc) is 2.31. The number of rotatable bonds is 2. The van der Waals surface area contributed by atoms with Crippen LogP contribution >= 0.6 is 38.5 Å². The van der Waals surface area contributed by atoms with Crippen LogP contribution in [0.1, 0.15) is 15.9 Å². The molecule has 0 aliphatic carbocycles. The number of hydrogen-bond acceptors (Lipinski definition) is 1. The largest absolute Gasteiger partial charge is 0.288 e. The number of ketones is 1. The van der Waals surface area contributed by atoms with E-state index in [0.717, 1.165) is 0 Å². The SMILES string of the molecule is O=C(c1cc(Br)ccc1F)c1ccc(F)cc1I. The van der Waals surface area contributed by atoms with Crippen LogP contribution in [-0.2, 0) is 0 Å². The second kappa shape index (κ2) is 5.44. The molecule has 1 nitrogen and oxygen atoms in total. The van der Waals surface area contributed by atoms with Crippen LogP contribution in [0.2, 0.25) is 0 Å². The molecule has 0 N–H and O–H groups in total. The summed E-state index contributed by atoms with van der Waals surface area (Å²) in [6, 6.07) is 7.93. The van der Waals surface area contributed by atoms with E-state index in [1.165, 1.54) is 36.4 Å². The number of carbonyl (C=O) groups excluding carboxylic acids is 1. The molecule has 0 atom stereocenters. The summed E-state index contributed by atoms with van der Waals surface area (Å²) in [6.07, 6.45) is 0. The molecule has 0 aliphatic heterocycles. The van der Waals surface area contributed by atoms with Gasteiger partial charge < -0.3 is 0 Å². The molecule has 5 heteroatoms. The third kappa shape index (κ3) is 2.77. The molecule has 0 heterocycles. The summed E-state index contributed by atoms with van der Waals surface area (Å²) in [5.74, 6) is -1.48. The minimum atomic E-state index is -0.594. The normalized spacial score (nSPS) is 10.4. The molecular weight excluding hydrogens is 417 g/mol. The molecule has 0 aromatic heterocycles. The Hall–Kier alpha value is -0.820. The predicted molar refractivity (Wildman–Crippen MR) is 76.6 cm³/mol. The van der Waals surface area contributed by atoms with Gasteiger partial charge in [0.2, 0.25) is 0 Å². The highest BCUT2D eigenvalue weighted by molar-refractivity contribution is 14.1. The van der Waals surface area contributed by atoms with Crippen LogP contribution in [0, 0.1) is 15.2 Å². The average molecular weight is 423 g/mol. The Balaban J connectivity index is 2.51. The molecule has 2 aromatic rings. The van der Waals surface area contributed by atoms with Gasteiger partial charge in [0.1, 0.15) is 11.6 Å². The molecule has 0 saturated carbocycles. The molecule has 0 radical (unpaired) electrons. The van der Waals surface area contributed by atoms with E-state index in [4.69, 9.17) is 0 Å². The first-order valence-electron chi connectivity index (χ1n) is 4.94. The first-order chi connectivity index (χ1) is 8.49. The molecule has 0 aliphatic rings. The van der Waals surface area contributed by atoms with Crippen molar-refractivity contribution in [1.29, 1.82) is 0 Å². The molecule has 0 amide bonds. The third-order valence-corrected chi connectivity index (χ3v) is 3.73. The molecule has 0 spiro atoms. The van der Waals surface area contributed by atoms with Crippen molar-refractivity contribution in [2.75, 3.05) is 0 Å². The summed E-state index contributed by atoms with van der Waals surface area (Å²) >= 11 is 5.04. The lowest BCUT2D eigenvalue weighted by Gasteiger charge is -2.05. The van der Waals surface area contributed by atoms with E-state index in [0.29, 0.717) is 8.04 Å². The Morgan fingerprint density at radius 1 is 1.06 bits per heavy atom. The van der Waals surface area contributed by atoms with Crippen molar-refractivity contribution in [2.24, 2.45) is 0 Å². The highest BCUT2D eigenvalue weighted by Gasteiger charge is 2.17. The molecule has 18 heavy (non-hydrogen) atoms. The molecule has 2 aromatic carbocycles. The highest BCUT2D eigenvalue weighted by Crippen LogP contribution is 2.22. The van der Waals surface area contributed by atoms with E-state index < -0.39 is 17.4 Å². The summed E-state index contributed by atoms with van der Waals surface area (Å²) in [4.78, 5) is 12.2. The van der Waals surface area contributed by atoms with Crippen molar-refractivity contribution in [3.63, 3.8) is 0 Å². The van der Waals surface area contributed by atoms with Crippen molar-refractivity contribution in [1.82, 2.24) is 0 Å². The molecule has 2 rings (SSSR count). The van der Waals surface area contributed by atoms with Crippen LogP contribution in [0.15, 0.2) is 40.9 Å². The Labute approximate surface area is 124 Å². The topological polar surface area (TPSA) is 17.1 Å². The monoisotopic (exact) mass is 422 g/mol. The number of hydrogen-bond donors (Lipinski definition) is 0. The van der Waals surface area contributed by atoms with Crippen molar-refractivity contribution in [3.8, 4) is 0 Å². The highest BCUT2D eigenvalue weighted by atomic mass is 127. The maximum absolute atomic E-state index is 13.6. The van der Waals surface area contributed by atoms with Gasteiger partial charge >= 0.3 is 0 Å². The maximum Gasteiger partial charge on any atom is 0.197 e. The molecule has 0 fully saturated rings. The van der Waals surface area contributed by atoms with E-state index in [2.05, 4.69) is 15.9 Å². The number of benzene rings is 2. The van der Waals surface area contributed by atoms with Gasteiger partial charge in [-0.25, -0.2) is 8.78 Å². The zero-order chi connectivity index (χ0) is 13.3. The Bertz CT molecular complexity index is 628. The summed E-state index contributed by atoms with van der Waals surface area (Å²) in [7, 11) is 0. The maximum atomic E-state index is 13.6. The van der Waals surface area contributed by atoms with Gasteiger partial charge in [0.05, 0.1) is 5.56 Å². The summed E-state index contributed by atoms with van der Waals surface area (Å²) in [6.45, 7) is 0. The second-order valence-corrected chi connectivity index (χ2v) is 5.66. The van der Waals surface area contributed by atoms with Crippen molar-refractivity contribution >= 4 is 44.3 Å². The van der Waals surface area contributed by atoms with E-state index in [9.17, 15) is 13.6 Å². The lowest BCUT2D eigenvalue weighted by molar-refractivity contribution is 0.103. The smallest absolute Gasteiger partial charge is 0.197 e. The Kier molecular flexibility index (Phi) is 4.11. The van der Waals surface area contributed by atoms with E-state index >= 15 is 0 Å². The van der Waals surface area contributed by atoms with Crippen molar-refractivity contribution < 1.29 is 13.6 Å². The lowest BCUT2D eigenvalue weighted by atomic mass is 10.0. The second-order valence-electron chi connectivity index (χ2n) is 3.58. The van der Waals surface area contributed by atoms with Gasteiger partial charge in [-0.3, -0.25) is 4.79 Å². The van der Waals surface area contributed by atoms with Crippen LogP contribution in [0.25, 0.3) is 0 Å². The predicted octanol–water partition coefficient (Wildman–Crippen LogP) is 4.56. The van der Waals surface area contributed by atoms with E-state index in [1.54, 1.807) is 0 Å². The standard InChI is InChI=1S/C13H6BrF2IO/c14-7-1-4-11(16)10(5-7)13(18)9-3-2-8(15)6-12(9)17/h1-6H. The van der Waals surface area contributed by atoms with Crippen LogP contribution in [0.4, 0.5) is 8.78 Å². The fourth-order valence-corrected chi connectivity index (χ4v) is 2.57. The zero-order valence-corrected chi connectivity index (χ0v) is 12.6. The number of carbonyl (C=O) groups is 1. The quantitative estimate of drug-likeness (QED) is 0.512.